The lowest BCUT2D eigenvalue weighted by atomic mass is 10.0. The molecule has 0 bridgehead atoms. The van der Waals surface area contributed by atoms with E-state index in [0.717, 1.165) is 36.6 Å². The summed E-state index contributed by atoms with van der Waals surface area (Å²) >= 11 is 1.04. The van der Waals surface area contributed by atoms with Crippen LogP contribution in [0.15, 0.2) is 12.4 Å². The van der Waals surface area contributed by atoms with E-state index >= 15 is 0 Å². The molecule has 0 radical (unpaired) electrons. The number of thiazole rings is 1. The molecule has 0 unspecified atom stereocenters. The lowest BCUT2D eigenvalue weighted by Crippen LogP contribution is -2.42. The average molecular weight is 521 g/mol. The Morgan fingerprint density at radius 3 is 2.47 bits per heavy atom. The fraction of sp³-hybridized carbons (Fsp3) is 0.650. The van der Waals surface area contributed by atoms with Crippen LogP contribution in [-0.2, 0) is 16.2 Å². The zero-order valence-electron chi connectivity index (χ0n) is 18.8. The Balaban J connectivity index is 1.54. The van der Waals surface area contributed by atoms with Gasteiger partial charge in [0.15, 0.2) is 5.13 Å². The Kier molecular flexibility index (Phi) is 6.79. The van der Waals surface area contributed by atoms with Crippen LogP contribution in [0.2, 0.25) is 0 Å². The van der Waals surface area contributed by atoms with Gasteiger partial charge < -0.3 is 15.7 Å². The zero-order valence-corrected chi connectivity index (χ0v) is 20.4. The van der Waals surface area contributed by atoms with E-state index in [1.54, 1.807) is 6.92 Å². The SMILES string of the molecule is C[C@@]1(O)CCC[C@H]1Nc1ncc(-c2nc(NC3CCN(S(C)(=O)=O)CC3)ncc2C(F)(F)F)s1. The van der Waals surface area contributed by atoms with Crippen molar-refractivity contribution in [2.24, 2.45) is 0 Å². The third-order valence-electron chi connectivity index (χ3n) is 6.31. The molecule has 34 heavy (non-hydrogen) atoms. The Morgan fingerprint density at radius 1 is 1.18 bits per heavy atom. The quantitative estimate of drug-likeness (QED) is 0.531. The first-order valence-corrected chi connectivity index (χ1v) is 13.6. The first-order chi connectivity index (χ1) is 15.8. The van der Waals surface area contributed by atoms with Crippen LogP contribution in [0.5, 0.6) is 0 Å². The van der Waals surface area contributed by atoms with Gasteiger partial charge in [-0.1, -0.05) is 11.3 Å². The molecule has 2 aromatic rings. The minimum absolute atomic E-state index is 0.0439. The predicted molar refractivity (Wildman–Crippen MR) is 123 cm³/mol. The normalized spacial score (nSPS) is 24.9. The van der Waals surface area contributed by atoms with E-state index in [4.69, 9.17) is 0 Å². The number of halogens is 3. The number of anilines is 2. The van der Waals surface area contributed by atoms with Crippen LogP contribution in [0.3, 0.4) is 0 Å². The average Bonchev–Trinajstić information content (AvgIpc) is 3.33. The lowest BCUT2D eigenvalue weighted by molar-refractivity contribution is -0.137. The molecule has 188 valence electrons. The second-order valence-corrected chi connectivity index (χ2v) is 12.0. The van der Waals surface area contributed by atoms with Crippen molar-refractivity contribution in [2.45, 2.75) is 62.9 Å². The first-order valence-electron chi connectivity index (χ1n) is 10.9. The first kappa shape index (κ1) is 25.1. The molecule has 3 N–H and O–H groups in total. The van der Waals surface area contributed by atoms with Crippen molar-refractivity contribution >= 4 is 32.4 Å². The van der Waals surface area contributed by atoms with Gasteiger partial charge in [0.25, 0.3) is 0 Å². The van der Waals surface area contributed by atoms with Crippen LogP contribution in [0.1, 0.15) is 44.6 Å². The number of sulfonamides is 1. The molecule has 0 spiro atoms. The number of alkyl halides is 3. The summed E-state index contributed by atoms with van der Waals surface area (Å²) in [4.78, 5) is 12.5. The smallest absolute Gasteiger partial charge is 0.388 e. The third-order valence-corrected chi connectivity index (χ3v) is 8.55. The van der Waals surface area contributed by atoms with Gasteiger partial charge in [0, 0.05) is 31.5 Å². The summed E-state index contributed by atoms with van der Waals surface area (Å²) in [6.45, 7) is 2.37. The van der Waals surface area contributed by atoms with Crippen LogP contribution < -0.4 is 10.6 Å². The van der Waals surface area contributed by atoms with Gasteiger partial charge in [-0.15, -0.1) is 0 Å². The van der Waals surface area contributed by atoms with E-state index in [9.17, 15) is 26.7 Å². The van der Waals surface area contributed by atoms with Crippen molar-refractivity contribution in [3.63, 3.8) is 0 Å². The van der Waals surface area contributed by atoms with Gasteiger partial charge in [0.05, 0.1) is 28.5 Å². The van der Waals surface area contributed by atoms with Crippen molar-refractivity contribution < 1.29 is 26.7 Å². The monoisotopic (exact) mass is 520 g/mol. The standard InChI is InChI=1S/C20H27F3N6O3S2/c1-19(30)7-3-4-15(19)27-18-25-11-14(33-18)16-13(20(21,22)23)10-24-17(28-16)26-12-5-8-29(9-6-12)34(2,31)32/h10-12,15,30H,3-9H2,1-2H3,(H,25,27)(H,24,26,28)/t15-,19-/m1/s1. The van der Waals surface area contributed by atoms with Gasteiger partial charge in [-0.05, 0) is 39.0 Å². The zero-order chi connectivity index (χ0) is 24.7. The number of rotatable bonds is 6. The number of aliphatic hydroxyl groups is 1. The minimum atomic E-state index is -4.65. The van der Waals surface area contributed by atoms with Crippen LogP contribution in [0.4, 0.5) is 24.3 Å². The summed E-state index contributed by atoms with van der Waals surface area (Å²) in [5, 5.41) is 17.0. The van der Waals surface area contributed by atoms with Crippen molar-refractivity contribution in [3.05, 3.63) is 18.0 Å². The van der Waals surface area contributed by atoms with Gasteiger partial charge in [-0.3, -0.25) is 0 Å². The fourth-order valence-corrected chi connectivity index (χ4v) is 6.08. The Hall–Kier alpha value is -2.03. The Morgan fingerprint density at radius 2 is 1.88 bits per heavy atom. The minimum Gasteiger partial charge on any atom is -0.388 e. The van der Waals surface area contributed by atoms with Gasteiger partial charge >= 0.3 is 6.18 Å². The highest BCUT2D eigenvalue weighted by Gasteiger charge is 2.38. The summed E-state index contributed by atoms with van der Waals surface area (Å²) in [6, 6.07) is -0.389. The Bertz CT molecular complexity index is 1130. The van der Waals surface area contributed by atoms with Gasteiger partial charge in [-0.2, -0.15) is 13.2 Å². The third kappa shape index (κ3) is 5.61. The molecule has 1 saturated carbocycles. The van der Waals surface area contributed by atoms with Crippen LogP contribution >= 0.6 is 11.3 Å². The largest absolute Gasteiger partial charge is 0.420 e. The van der Waals surface area contributed by atoms with Crippen LogP contribution in [0.25, 0.3) is 10.6 Å². The van der Waals surface area contributed by atoms with Crippen molar-refractivity contribution in [1.29, 1.82) is 0 Å². The molecule has 14 heteroatoms. The highest BCUT2D eigenvalue weighted by Crippen LogP contribution is 2.40. The molecule has 1 saturated heterocycles. The van der Waals surface area contributed by atoms with Crippen molar-refractivity contribution in [2.75, 3.05) is 30.0 Å². The molecular weight excluding hydrogens is 493 g/mol. The molecular formula is C20H27F3N6O3S2. The van der Waals surface area contributed by atoms with Crippen LogP contribution in [0, 0.1) is 0 Å². The van der Waals surface area contributed by atoms with Crippen molar-refractivity contribution in [3.8, 4) is 10.6 Å². The number of nitrogens with one attached hydrogen (secondary N) is 2. The maximum absolute atomic E-state index is 13.7. The Labute approximate surface area is 199 Å². The summed E-state index contributed by atoms with van der Waals surface area (Å²) < 4.78 is 65.8. The molecule has 2 aromatic heterocycles. The summed E-state index contributed by atoms with van der Waals surface area (Å²) in [6.07, 6.45) is 1.81. The van der Waals surface area contributed by atoms with Crippen LogP contribution in [-0.4, -0.2) is 69.8 Å². The number of aromatic nitrogens is 3. The number of piperidine rings is 1. The number of hydrogen-bond donors (Lipinski definition) is 3. The molecule has 9 nitrogen and oxygen atoms in total. The number of hydrogen-bond acceptors (Lipinski definition) is 9. The maximum Gasteiger partial charge on any atom is 0.420 e. The topological polar surface area (TPSA) is 120 Å². The molecule has 1 aliphatic heterocycles. The number of nitrogens with zero attached hydrogens (tertiary/aromatic N) is 4. The molecule has 0 amide bonds. The van der Waals surface area contributed by atoms with E-state index in [-0.39, 0.29) is 28.6 Å². The van der Waals surface area contributed by atoms with Crippen molar-refractivity contribution in [1.82, 2.24) is 19.3 Å². The summed E-state index contributed by atoms with van der Waals surface area (Å²) in [5.41, 5.74) is -2.14. The van der Waals surface area contributed by atoms with Gasteiger partial charge in [-0.25, -0.2) is 27.7 Å². The summed E-state index contributed by atoms with van der Waals surface area (Å²) in [7, 11) is -3.28. The molecule has 2 fully saturated rings. The highest BCUT2D eigenvalue weighted by molar-refractivity contribution is 7.88. The molecule has 4 rings (SSSR count). The molecule has 2 atom stereocenters. The maximum atomic E-state index is 13.7. The lowest BCUT2D eigenvalue weighted by Gasteiger charge is -2.30. The van der Waals surface area contributed by atoms with E-state index < -0.39 is 27.4 Å². The molecule has 3 heterocycles. The molecule has 2 aliphatic rings. The van der Waals surface area contributed by atoms with Gasteiger partial charge in [0.2, 0.25) is 16.0 Å². The van der Waals surface area contributed by atoms with E-state index in [1.807, 2.05) is 0 Å². The van der Waals surface area contributed by atoms with E-state index in [1.165, 1.54) is 10.5 Å². The second-order valence-electron chi connectivity index (χ2n) is 9.01. The summed E-state index contributed by atoms with van der Waals surface area (Å²) in [5.74, 6) is 0.0439. The van der Waals surface area contributed by atoms with E-state index in [0.29, 0.717) is 37.5 Å². The highest BCUT2D eigenvalue weighted by atomic mass is 32.2. The van der Waals surface area contributed by atoms with Gasteiger partial charge in [0.1, 0.15) is 5.56 Å². The molecule has 0 aromatic carbocycles. The fourth-order valence-electron chi connectivity index (χ4n) is 4.34. The van der Waals surface area contributed by atoms with E-state index in [2.05, 4.69) is 25.6 Å². The predicted octanol–water partition coefficient (Wildman–Crippen LogP) is 3.17. The molecule has 1 aliphatic carbocycles. The second kappa shape index (κ2) is 9.21.